The molecule has 6 heteroatoms. The average Bonchev–Trinajstić information content (AvgIpc) is 2.38. The van der Waals surface area contributed by atoms with Crippen LogP contribution in [0.2, 0.25) is 0 Å². The zero-order chi connectivity index (χ0) is 15.2. The molecule has 1 aromatic rings. The van der Waals surface area contributed by atoms with Crippen LogP contribution in [0.15, 0.2) is 30.3 Å². The number of carbonyl (C=O) groups is 1. The molecule has 0 bridgehead atoms. The summed E-state index contributed by atoms with van der Waals surface area (Å²) < 4.78 is 37.2. The van der Waals surface area contributed by atoms with Gasteiger partial charge in [-0.25, -0.2) is 0 Å². The monoisotopic (exact) mass is 287 g/mol. The smallest absolute Gasteiger partial charge is 0.396 e. The zero-order valence-corrected chi connectivity index (χ0v) is 11.0. The van der Waals surface area contributed by atoms with Crippen molar-refractivity contribution in [1.29, 1.82) is 0 Å². The van der Waals surface area contributed by atoms with Crippen LogP contribution < -0.4 is 5.32 Å². The van der Waals surface area contributed by atoms with Crippen LogP contribution in [0.5, 0.6) is 0 Å². The number of nitrogens with one attached hydrogen (secondary N) is 1. The van der Waals surface area contributed by atoms with Gasteiger partial charge in [0.2, 0.25) is 5.91 Å². The van der Waals surface area contributed by atoms with Gasteiger partial charge >= 0.3 is 6.18 Å². The predicted octanol–water partition coefficient (Wildman–Crippen LogP) is 2.61. The highest BCUT2D eigenvalue weighted by atomic mass is 19.4. The minimum Gasteiger partial charge on any atom is -0.396 e. The molecule has 110 valence electrons. The Morgan fingerprint density at radius 3 is 2.40 bits per heavy atom. The van der Waals surface area contributed by atoms with E-state index in [0.29, 0.717) is 24.1 Å². The first-order valence-corrected chi connectivity index (χ1v) is 6.09. The third-order valence-corrected chi connectivity index (χ3v) is 2.65. The van der Waals surface area contributed by atoms with E-state index < -0.39 is 11.7 Å². The summed E-state index contributed by atoms with van der Waals surface area (Å²) in [5.41, 5.74) is 0.400. The summed E-state index contributed by atoms with van der Waals surface area (Å²) >= 11 is 0. The van der Waals surface area contributed by atoms with Gasteiger partial charge in [-0.15, -0.1) is 0 Å². The number of amides is 1. The lowest BCUT2D eigenvalue weighted by Crippen LogP contribution is -2.23. The van der Waals surface area contributed by atoms with E-state index in [-0.39, 0.29) is 12.5 Å². The van der Waals surface area contributed by atoms with E-state index in [0.717, 1.165) is 12.1 Å². The topological polar surface area (TPSA) is 49.3 Å². The van der Waals surface area contributed by atoms with Crippen molar-refractivity contribution in [2.45, 2.75) is 19.5 Å². The number of hydrogen-bond donors (Lipinski definition) is 2. The Labute approximate surface area is 115 Å². The average molecular weight is 287 g/mol. The van der Waals surface area contributed by atoms with Crippen molar-refractivity contribution >= 4 is 11.5 Å². The number of aliphatic hydroxyl groups is 1. The molecule has 0 spiro atoms. The molecule has 0 saturated carbocycles. The third kappa shape index (κ3) is 5.05. The largest absolute Gasteiger partial charge is 0.416 e. The molecular weight excluding hydrogens is 271 g/mol. The fourth-order valence-electron chi connectivity index (χ4n) is 1.54. The second kappa shape index (κ2) is 7.09. The second-order valence-corrected chi connectivity index (χ2v) is 4.27. The molecule has 1 rings (SSSR count). The van der Waals surface area contributed by atoms with Gasteiger partial charge in [-0.2, -0.15) is 13.2 Å². The molecule has 0 aliphatic heterocycles. The molecule has 0 unspecified atom stereocenters. The molecule has 0 heterocycles. The maximum atomic E-state index is 12.4. The van der Waals surface area contributed by atoms with Crippen LogP contribution in [-0.4, -0.2) is 24.2 Å². The molecule has 3 nitrogen and oxygen atoms in total. The van der Waals surface area contributed by atoms with Gasteiger partial charge in [0, 0.05) is 19.2 Å². The Bertz CT molecular complexity index is 478. The van der Waals surface area contributed by atoms with Crippen molar-refractivity contribution in [3.63, 3.8) is 0 Å². The highest BCUT2D eigenvalue weighted by Gasteiger charge is 2.29. The van der Waals surface area contributed by atoms with E-state index in [1.54, 1.807) is 6.92 Å². The Morgan fingerprint density at radius 2 is 1.90 bits per heavy atom. The van der Waals surface area contributed by atoms with Crippen molar-refractivity contribution in [2.75, 3.05) is 13.2 Å². The standard InChI is InChI=1S/C14H16F3NO2/c1-10(9-13(20)18-7-2-8-19)11-3-5-12(6-4-11)14(15,16)17/h3-6,9,19H,2,7-8H2,1H3,(H,18,20)/b10-9-. The van der Waals surface area contributed by atoms with Gasteiger partial charge in [0.05, 0.1) is 5.56 Å². The molecule has 20 heavy (non-hydrogen) atoms. The summed E-state index contributed by atoms with van der Waals surface area (Å²) in [5.74, 6) is -0.337. The molecule has 0 aliphatic rings. The van der Waals surface area contributed by atoms with Gasteiger partial charge in [0.25, 0.3) is 0 Å². The van der Waals surface area contributed by atoms with Crippen molar-refractivity contribution in [1.82, 2.24) is 5.32 Å². The SMILES string of the molecule is C/C(=C/C(=O)NCCCO)c1ccc(C(F)(F)F)cc1. The summed E-state index contributed by atoms with van der Waals surface area (Å²) in [6, 6.07) is 4.62. The maximum Gasteiger partial charge on any atom is 0.416 e. The Hall–Kier alpha value is -1.82. The van der Waals surface area contributed by atoms with E-state index >= 15 is 0 Å². The highest BCUT2D eigenvalue weighted by Crippen LogP contribution is 2.29. The molecule has 0 aliphatic carbocycles. The van der Waals surface area contributed by atoms with E-state index in [1.807, 2.05) is 0 Å². The molecule has 0 fully saturated rings. The zero-order valence-electron chi connectivity index (χ0n) is 11.0. The Kier molecular flexibility index (Phi) is 5.76. The van der Waals surface area contributed by atoms with Crippen molar-refractivity contribution < 1.29 is 23.1 Å². The molecule has 0 atom stereocenters. The number of hydrogen-bond acceptors (Lipinski definition) is 2. The van der Waals surface area contributed by atoms with E-state index in [9.17, 15) is 18.0 Å². The van der Waals surface area contributed by atoms with Gasteiger partial charge < -0.3 is 10.4 Å². The van der Waals surface area contributed by atoms with Gasteiger partial charge in [0.15, 0.2) is 0 Å². The van der Waals surface area contributed by atoms with Crippen LogP contribution in [-0.2, 0) is 11.0 Å². The molecule has 0 saturated heterocycles. The maximum absolute atomic E-state index is 12.4. The lowest BCUT2D eigenvalue weighted by molar-refractivity contribution is -0.137. The summed E-state index contributed by atoms with van der Waals surface area (Å²) in [6.45, 7) is 1.99. The van der Waals surface area contributed by atoms with Crippen LogP contribution in [0, 0.1) is 0 Å². The predicted molar refractivity (Wildman–Crippen MR) is 69.8 cm³/mol. The van der Waals surface area contributed by atoms with Crippen LogP contribution >= 0.6 is 0 Å². The number of alkyl halides is 3. The van der Waals surface area contributed by atoms with Gasteiger partial charge in [-0.1, -0.05) is 12.1 Å². The van der Waals surface area contributed by atoms with E-state index in [1.165, 1.54) is 18.2 Å². The number of halogens is 3. The first-order chi connectivity index (χ1) is 9.34. The molecule has 0 aromatic heterocycles. The summed E-state index contributed by atoms with van der Waals surface area (Å²) in [7, 11) is 0. The normalized spacial score (nSPS) is 12.3. The van der Waals surface area contributed by atoms with Crippen molar-refractivity contribution in [3.05, 3.63) is 41.5 Å². The highest BCUT2D eigenvalue weighted by molar-refractivity contribution is 5.94. The number of benzene rings is 1. The lowest BCUT2D eigenvalue weighted by Gasteiger charge is -2.08. The molecule has 1 aromatic carbocycles. The molecule has 1 amide bonds. The number of carbonyl (C=O) groups excluding carboxylic acids is 1. The number of allylic oxidation sites excluding steroid dienone is 1. The van der Waals surface area contributed by atoms with E-state index in [2.05, 4.69) is 5.32 Å². The number of aliphatic hydroxyl groups excluding tert-OH is 1. The Morgan fingerprint density at radius 1 is 1.30 bits per heavy atom. The molecule has 2 N–H and O–H groups in total. The number of rotatable bonds is 5. The lowest BCUT2D eigenvalue weighted by atomic mass is 10.0. The molecule has 0 radical (unpaired) electrons. The van der Waals surface area contributed by atoms with Gasteiger partial charge in [-0.05, 0) is 36.6 Å². The third-order valence-electron chi connectivity index (χ3n) is 2.65. The second-order valence-electron chi connectivity index (χ2n) is 4.27. The summed E-state index contributed by atoms with van der Waals surface area (Å²) in [5, 5.41) is 11.1. The fraction of sp³-hybridized carbons (Fsp3) is 0.357. The fourth-order valence-corrected chi connectivity index (χ4v) is 1.54. The first-order valence-electron chi connectivity index (χ1n) is 6.09. The van der Waals surface area contributed by atoms with Gasteiger partial charge in [-0.3, -0.25) is 4.79 Å². The van der Waals surface area contributed by atoms with Crippen LogP contribution in [0.4, 0.5) is 13.2 Å². The molecular formula is C14H16F3NO2. The van der Waals surface area contributed by atoms with Gasteiger partial charge in [0.1, 0.15) is 0 Å². The van der Waals surface area contributed by atoms with Crippen LogP contribution in [0.25, 0.3) is 5.57 Å². The van der Waals surface area contributed by atoms with Crippen LogP contribution in [0.3, 0.4) is 0 Å². The van der Waals surface area contributed by atoms with E-state index in [4.69, 9.17) is 5.11 Å². The summed E-state index contributed by atoms with van der Waals surface area (Å²) in [6.07, 6.45) is -2.59. The minimum atomic E-state index is -4.36. The minimum absolute atomic E-state index is 0.0120. The van der Waals surface area contributed by atoms with Crippen molar-refractivity contribution in [3.8, 4) is 0 Å². The first kappa shape index (κ1) is 16.2. The quantitative estimate of drug-likeness (QED) is 0.646. The Balaban J connectivity index is 2.72. The van der Waals surface area contributed by atoms with Crippen LogP contribution in [0.1, 0.15) is 24.5 Å². The summed E-state index contributed by atoms with van der Waals surface area (Å²) in [4.78, 5) is 11.5. The van der Waals surface area contributed by atoms with Crippen molar-refractivity contribution in [2.24, 2.45) is 0 Å².